The second kappa shape index (κ2) is 3.40. The maximum atomic E-state index is 11.8. The molecule has 84 valence electrons. The van der Waals surface area contributed by atoms with Gasteiger partial charge in [-0.2, -0.15) is 0 Å². The molecule has 4 heteroatoms. The summed E-state index contributed by atoms with van der Waals surface area (Å²) in [5, 5.41) is 8.82. The van der Waals surface area contributed by atoms with Crippen LogP contribution in [0.1, 0.15) is 46.7 Å². The lowest BCUT2D eigenvalue weighted by atomic mass is 9.75. The second-order valence-electron chi connectivity index (χ2n) is 4.96. The molecule has 1 aliphatic carbocycles. The minimum absolute atomic E-state index is 0.0122. The molecule has 0 atom stereocenters. The molecule has 0 aromatic carbocycles. The number of nitrogens with zero attached hydrogens (tertiary/aromatic N) is 1. The van der Waals surface area contributed by atoms with Gasteiger partial charge in [0.05, 0.1) is 11.3 Å². The van der Waals surface area contributed by atoms with E-state index in [1.807, 2.05) is 13.8 Å². The van der Waals surface area contributed by atoms with Gasteiger partial charge in [0.15, 0.2) is 5.78 Å². The van der Waals surface area contributed by atoms with Gasteiger partial charge in [0.25, 0.3) is 0 Å². The molecule has 1 heterocycles. The molecule has 0 fully saturated rings. The van der Waals surface area contributed by atoms with Gasteiger partial charge in [-0.15, -0.1) is 0 Å². The van der Waals surface area contributed by atoms with Crippen LogP contribution in [0.2, 0.25) is 0 Å². The van der Waals surface area contributed by atoms with E-state index in [-0.39, 0.29) is 16.8 Å². The average molecular weight is 219 g/mol. The largest absolute Gasteiger partial charge is 0.478 e. The van der Waals surface area contributed by atoms with Crippen LogP contribution in [0.4, 0.5) is 0 Å². The van der Waals surface area contributed by atoms with Crippen molar-refractivity contribution in [3.63, 3.8) is 0 Å². The van der Waals surface area contributed by atoms with Gasteiger partial charge in [0.2, 0.25) is 0 Å². The third-order valence-corrected chi connectivity index (χ3v) is 2.80. The number of ketones is 1. The Labute approximate surface area is 93.3 Å². The van der Waals surface area contributed by atoms with Crippen LogP contribution in [0.15, 0.2) is 12.3 Å². The third-order valence-electron chi connectivity index (χ3n) is 2.80. The van der Waals surface area contributed by atoms with Gasteiger partial charge in [-0.3, -0.25) is 9.78 Å². The van der Waals surface area contributed by atoms with Gasteiger partial charge in [0.1, 0.15) is 0 Å². The van der Waals surface area contributed by atoms with Crippen molar-refractivity contribution in [3.05, 3.63) is 29.1 Å². The van der Waals surface area contributed by atoms with Crippen LogP contribution < -0.4 is 0 Å². The van der Waals surface area contributed by atoms with Gasteiger partial charge < -0.3 is 5.11 Å². The first-order valence-electron chi connectivity index (χ1n) is 5.14. The summed E-state index contributed by atoms with van der Waals surface area (Å²) in [7, 11) is 0. The molecule has 4 nitrogen and oxygen atoms in total. The number of hydrogen-bond acceptors (Lipinski definition) is 3. The SMILES string of the molecule is CC1(C)CC(=O)c2cc(C(=O)O)cnc2C1. The second-order valence-corrected chi connectivity index (χ2v) is 4.96. The molecular weight excluding hydrogens is 206 g/mol. The highest BCUT2D eigenvalue weighted by Gasteiger charge is 2.32. The van der Waals surface area contributed by atoms with Crippen molar-refractivity contribution in [2.45, 2.75) is 26.7 Å². The Morgan fingerprint density at radius 1 is 1.44 bits per heavy atom. The Hall–Kier alpha value is -1.71. The molecule has 2 rings (SSSR count). The molecule has 0 saturated heterocycles. The molecule has 0 aliphatic heterocycles. The summed E-state index contributed by atoms with van der Waals surface area (Å²) in [5.41, 5.74) is 1.18. The highest BCUT2D eigenvalue weighted by atomic mass is 16.4. The van der Waals surface area contributed by atoms with E-state index in [0.29, 0.717) is 24.1 Å². The number of pyridine rings is 1. The third kappa shape index (κ3) is 1.83. The molecule has 0 saturated carbocycles. The quantitative estimate of drug-likeness (QED) is 0.783. The van der Waals surface area contributed by atoms with Crippen molar-refractivity contribution in [3.8, 4) is 0 Å². The monoisotopic (exact) mass is 219 g/mol. The molecule has 0 bridgehead atoms. The van der Waals surface area contributed by atoms with E-state index < -0.39 is 5.97 Å². The highest BCUT2D eigenvalue weighted by molar-refractivity contribution is 6.00. The van der Waals surface area contributed by atoms with Gasteiger partial charge in [-0.05, 0) is 17.9 Å². The zero-order valence-electron chi connectivity index (χ0n) is 9.28. The van der Waals surface area contributed by atoms with Crippen LogP contribution in [-0.2, 0) is 6.42 Å². The van der Waals surface area contributed by atoms with Gasteiger partial charge in [-0.1, -0.05) is 13.8 Å². The fraction of sp³-hybridized carbons (Fsp3) is 0.417. The molecule has 0 radical (unpaired) electrons. The molecule has 0 amide bonds. The lowest BCUT2D eigenvalue weighted by Gasteiger charge is -2.29. The zero-order valence-corrected chi connectivity index (χ0v) is 9.28. The van der Waals surface area contributed by atoms with Crippen LogP contribution in [-0.4, -0.2) is 21.8 Å². The van der Waals surface area contributed by atoms with Gasteiger partial charge in [0, 0.05) is 18.2 Å². The minimum Gasteiger partial charge on any atom is -0.478 e. The number of rotatable bonds is 1. The van der Waals surface area contributed by atoms with E-state index >= 15 is 0 Å². The Balaban J connectivity index is 2.49. The lowest BCUT2D eigenvalue weighted by Crippen LogP contribution is -2.28. The Morgan fingerprint density at radius 3 is 2.75 bits per heavy atom. The number of carbonyl (C=O) groups is 2. The standard InChI is InChI=1S/C12H13NO3/c1-12(2)4-9-8(10(14)5-12)3-7(6-13-9)11(15)16/h3,6H,4-5H2,1-2H3,(H,15,16). The van der Waals surface area contributed by atoms with Crippen LogP contribution in [0.5, 0.6) is 0 Å². The average Bonchev–Trinajstić information content (AvgIpc) is 2.15. The van der Waals surface area contributed by atoms with Gasteiger partial charge in [-0.25, -0.2) is 4.79 Å². The summed E-state index contributed by atoms with van der Waals surface area (Å²) in [6.07, 6.45) is 2.48. The fourth-order valence-electron chi connectivity index (χ4n) is 2.04. The van der Waals surface area contributed by atoms with E-state index in [0.717, 1.165) is 0 Å². The summed E-state index contributed by atoms with van der Waals surface area (Å²) in [5.74, 6) is -1.06. The van der Waals surface area contributed by atoms with Crippen LogP contribution in [0.3, 0.4) is 0 Å². The zero-order chi connectivity index (χ0) is 11.9. The summed E-state index contributed by atoms with van der Waals surface area (Å²) in [4.78, 5) is 26.7. The number of Topliss-reactive ketones (excluding diaryl/α,β-unsaturated/α-hetero) is 1. The number of aromatic carboxylic acids is 1. The molecule has 16 heavy (non-hydrogen) atoms. The van der Waals surface area contributed by atoms with E-state index in [9.17, 15) is 9.59 Å². The highest BCUT2D eigenvalue weighted by Crippen LogP contribution is 2.33. The molecule has 0 unspecified atom stereocenters. The first-order chi connectivity index (χ1) is 7.39. The maximum Gasteiger partial charge on any atom is 0.337 e. The van der Waals surface area contributed by atoms with Gasteiger partial charge >= 0.3 is 5.97 Å². The Morgan fingerprint density at radius 2 is 2.12 bits per heavy atom. The van der Waals surface area contributed by atoms with E-state index in [2.05, 4.69) is 4.98 Å². The Kier molecular flexibility index (Phi) is 2.30. The number of carbonyl (C=O) groups excluding carboxylic acids is 1. The maximum absolute atomic E-state index is 11.8. The van der Waals surface area contributed by atoms with Crippen LogP contribution in [0, 0.1) is 5.41 Å². The number of aromatic nitrogens is 1. The number of carboxylic acid groups (broad SMARTS) is 1. The minimum atomic E-state index is -1.05. The van der Waals surface area contributed by atoms with Crippen LogP contribution >= 0.6 is 0 Å². The summed E-state index contributed by atoms with van der Waals surface area (Å²) in [6.45, 7) is 4.03. The molecular formula is C12H13NO3. The Bertz CT molecular complexity index is 477. The predicted octanol–water partition coefficient (Wildman–Crippen LogP) is 1.93. The topological polar surface area (TPSA) is 67.3 Å². The van der Waals surface area contributed by atoms with E-state index in [1.165, 1.54) is 12.3 Å². The van der Waals surface area contributed by atoms with Crippen molar-refractivity contribution in [1.82, 2.24) is 4.98 Å². The molecule has 1 aromatic rings. The normalized spacial score (nSPS) is 18.0. The molecule has 0 spiro atoms. The first kappa shape index (κ1) is 10.8. The number of fused-ring (bicyclic) bond motifs is 1. The smallest absolute Gasteiger partial charge is 0.337 e. The molecule has 1 aromatic heterocycles. The summed E-state index contributed by atoms with van der Waals surface area (Å²) >= 11 is 0. The lowest BCUT2D eigenvalue weighted by molar-refractivity contribution is 0.0696. The van der Waals surface area contributed by atoms with Crippen molar-refractivity contribution >= 4 is 11.8 Å². The fourth-order valence-corrected chi connectivity index (χ4v) is 2.04. The first-order valence-corrected chi connectivity index (χ1v) is 5.14. The van der Waals surface area contributed by atoms with Crippen LogP contribution in [0.25, 0.3) is 0 Å². The molecule has 1 N–H and O–H groups in total. The number of carboxylic acids is 1. The number of hydrogen-bond donors (Lipinski definition) is 1. The van der Waals surface area contributed by atoms with Crippen molar-refractivity contribution in [2.24, 2.45) is 5.41 Å². The summed E-state index contributed by atoms with van der Waals surface area (Å²) < 4.78 is 0. The van der Waals surface area contributed by atoms with Crippen molar-refractivity contribution in [1.29, 1.82) is 0 Å². The van der Waals surface area contributed by atoms with E-state index in [4.69, 9.17) is 5.11 Å². The van der Waals surface area contributed by atoms with E-state index in [1.54, 1.807) is 0 Å². The van der Waals surface area contributed by atoms with Crippen molar-refractivity contribution < 1.29 is 14.7 Å². The van der Waals surface area contributed by atoms with Crippen molar-refractivity contribution in [2.75, 3.05) is 0 Å². The predicted molar refractivity (Wildman–Crippen MR) is 57.6 cm³/mol. The molecule has 1 aliphatic rings. The summed E-state index contributed by atoms with van der Waals surface area (Å²) in [6, 6.07) is 1.43.